The zero-order valence-electron chi connectivity index (χ0n) is 22.8. The molecule has 4 aromatic heterocycles. The second-order valence-corrected chi connectivity index (χ2v) is 10.5. The summed E-state index contributed by atoms with van der Waals surface area (Å²) < 4.78 is 2.22. The van der Waals surface area contributed by atoms with Crippen LogP contribution in [0.5, 0.6) is 0 Å². The zero-order chi connectivity index (χ0) is 27.7. The molecule has 0 saturated heterocycles. The number of para-hydroxylation sites is 2. The van der Waals surface area contributed by atoms with Gasteiger partial charge in [-0.3, -0.25) is 0 Å². The highest BCUT2D eigenvalue weighted by molar-refractivity contribution is 6.17. The van der Waals surface area contributed by atoms with Crippen molar-refractivity contribution in [2.75, 3.05) is 0 Å². The summed E-state index contributed by atoms with van der Waals surface area (Å²) in [5, 5.41) is 28.5. The average molecular weight is 525 g/mol. The van der Waals surface area contributed by atoms with Crippen LogP contribution in [0.15, 0.2) is 85.5 Å². The Kier molecular flexibility index (Phi) is 5.22. The molecule has 0 fully saturated rings. The van der Waals surface area contributed by atoms with Crippen molar-refractivity contribution in [3.63, 3.8) is 0 Å². The van der Waals surface area contributed by atoms with E-state index in [2.05, 4.69) is 39.8 Å². The molecule has 0 saturated carbocycles. The van der Waals surface area contributed by atoms with Crippen LogP contribution in [0.3, 0.4) is 0 Å². The molecule has 0 bridgehead atoms. The summed E-state index contributed by atoms with van der Waals surface area (Å²) in [6, 6.07) is 20.3. The minimum absolute atomic E-state index is 1.03. The molecule has 2 N–H and O–H groups in total. The first kappa shape index (κ1) is 24.0. The summed E-state index contributed by atoms with van der Waals surface area (Å²) in [5.41, 5.74) is 8.84. The number of aryl methyl sites for hydroxylation is 4. The summed E-state index contributed by atoms with van der Waals surface area (Å²) in [6.07, 6.45) is 6.84. The summed E-state index contributed by atoms with van der Waals surface area (Å²) in [4.78, 5) is 9.56. The van der Waals surface area contributed by atoms with Gasteiger partial charge in [0.1, 0.15) is 0 Å². The minimum Gasteiger partial charge on any atom is -0.429 e. The molecule has 196 valence electrons. The van der Waals surface area contributed by atoms with E-state index in [0.29, 0.717) is 0 Å². The van der Waals surface area contributed by atoms with Gasteiger partial charge in [-0.2, -0.15) is 0 Å². The van der Waals surface area contributed by atoms with E-state index in [1.165, 1.54) is 21.5 Å². The minimum atomic E-state index is 1.03. The Labute approximate surface area is 230 Å². The van der Waals surface area contributed by atoms with Crippen LogP contribution >= 0.6 is 0 Å². The van der Waals surface area contributed by atoms with E-state index in [0.717, 1.165) is 75.3 Å². The fraction of sp³-hybridized carbons (Fsp3) is 0.118. The molecule has 6 heteroatoms. The second kappa shape index (κ2) is 8.71. The van der Waals surface area contributed by atoms with Crippen molar-refractivity contribution in [2.24, 2.45) is 0 Å². The maximum Gasteiger partial charge on any atom is 0.0754 e. The molecule has 8 aromatic rings. The maximum absolute atomic E-state index is 9.68. The Morgan fingerprint density at radius 3 is 1.30 bits per heavy atom. The molecule has 0 atom stereocenters. The monoisotopic (exact) mass is 524 g/mol. The van der Waals surface area contributed by atoms with Gasteiger partial charge in [-0.25, -0.2) is 19.4 Å². The Hall–Kier alpha value is -5.10. The Balaban J connectivity index is 0.000000132. The number of fused-ring (bicyclic) bond motifs is 8. The number of benzene rings is 4. The fourth-order valence-corrected chi connectivity index (χ4v) is 6.22. The molecule has 0 aliphatic heterocycles. The largest absolute Gasteiger partial charge is 0.429 e. The van der Waals surface area contributed by atoms with Crippen molar-refractivity contribution in [2.45, 2.75) is 27.7 Å². The molecular weight excluding hydrogens is 496 g/mol. The molecule has 0 spiro atoms. The summed E-state index contributed by atoms with van der Waals surface area (Å²) in [5.74, 6) is 0. The molecule has 0 amide bonds. The lowest BCUT2D eigenvalue weighted by Crippen LogP contribution is -1.94. The highest BCUT2D eigenvalue weighted by atomic mass is 16.5. The van der Waals surface area contributed by atoms with Gasteiger partial charge in [-0.1, -0.05) is 36.4 Å². The number of hydrogen-bond acceptors (Lipinski definition) is 4. The number of aromatic nitrogens is 4. The molecular formula is C34H28N4O2. The second-order valence-electron chi connectivity index (χ2n) is 10.5. The summed E-state index contributed by atoms with van der Waals surface area (Å²) in [6.45, 7) is 8.38. The molecule has 8 rings (SSSR count). The van der Waals surface area contributed by atoms with Crippen LogP contribution in [0, 0.1) is 27.7 Å². The first-order chi connectivity index (χ1) is 19.3. The van der Waals surface area contributed by atoms with Gasteiger partial charge < -0.3 is 10.4 Å². The lowest BCUT2D eigenvalue weighted by molar-refractivity contribution is 0.185. The van der Waals surface area contributed by atoms with Crippen molar-refractivity contribution < 1.29 is 10.4 Å². The smallest absolute Gasteiger partial charge is 0.0754 e. The summed E-state index contributed by atoms with van der Waals surface area (Å²) >= 11 is 0. The van der Waals surface area contributed by atoms with Crippen molar-refractivity contribution >= 4 is 65.2 Å². The van der Waals surface area contributed by atoms with Crippen molar-refractivity contribution in [1.82, 2.24) is 19.4 Å². The van der Waals surface area contributed by atoms with Gasteiger partial charge >= 0.3 is 0 Å². The van der Waals surface area contributed by atoms with Crippen LogP contribution in [0.1, 0.15) is 22.3 Å². The van der Waals surface area contributed by atoms with E-state index in [-0.39, 0.29) is 0 Å². The maximum atomic E-state index is 9.68. The third-order valence-electron chi connectivity index (χ3n) is 8.25. The van der Waals surface area contributed by atoms with Gasteiger partial charge in [0.25, 0.3) is 0 Å². The Morgan fingerprint density at radius 1 is 0.475 bits per heavy atom. The van der Waals surface area contributed by atoms with Crippen molar-refractivity contribution in [3.05, 3.63) is 108 Å². The van der Waals surface area contributed by atoms with Crippen LogP contribution in [-0.4, -0.2) is 29.8 Å². The molecule has 0 aliphatic rings. The van der Waals surface area contributed by atoms with E-state index in [9.17, 15) is 10.4 Å². The normalized spacial score (nSPS) is 11.7. The number of hydrogen-bond donors (Lipinski definition) is 2. The number of nitrogens with zero attached hydrogens (tertiary/aromatic N) is 4. The van der Waals surface area contributed by atoms with Crippen LogP contribution < -0.4 is 0 Å². The first-order valence-electron chi connectivity index (χ1n) is 13.3. The number of pyridine rings is 2. The summed E-state index contributed by atoms with van der Waals surface area (Å²) in [7, 11) is 0. The van der Waals surface area contributed by atoms with Crippen molar-refractivity contribution in [3.8, 4) is 0 Å². The predicted octanol–water partition coefficient (Wildman–Crippen LogP) is 8.39. The van der Waals surface area contributed by atoms with Gasteiger partial charge in [0, 0.05) is 44.7 Å². The highest BCUT2D eigenvalue weighted by Crippen LogP contribution is 2.37. The quantitative estimate of drug-likeness (QED) is 0.195. The van der Waals surface area contributed by atoms with Gasteiger partial charge in [0.15, 0.2) is 0 Å². The van der Waals surface area contributed by atoms with Gasteiger partial charge in [-0.15, -0.1) is 0 Å². The lowest BCUT2D eigenvalue weighted by atomic mass is 9.97. The molecule has 4 heterocycles. The van der Waals surface area contributed by atoms with Gasteiger partial charge in [-0.05, 0) is 85.0 Å². The van der Waals surface area contributed by atoms with E-state index in [1.54, 1.807) is 24.8 Å². The highest BCUT2D eigenvalue weighted by Gasteiger charge is 2.16. The Bertz CT molecular complexity index is 2130. The van der Waals surface area contributed by atoms with Gasteiger partial charge in [0.05, 0.1) is 34.5 Å². The zero-order valence-corrected chi connectivity index (χ0v) is 22.8. The average Bonchev–Trinajstić information content (AvgIpc) is 3.55. The molecule has 6 nitrogen and oxygen atoms in total. The fourth-order valence-electron chi connectivity index (χ4n) is 6.22. The molecule has 4 aromatic carbocycles. The van der Waals surface area contributed by atoms with Crippen LogP contribution in [0.2, 0.25) is 0 Å². The Morgan fingerprint density at radius 2 is 0.875 bits per heavy atom. The van der Waals surface area contributed by atoms with E-state index in [1.807, 2.05) is 48.5 Å². The lowest BCUT2D eigenvalue weighted by Gasteiger charge is -2.09. The number of rotatable bonds is 0. The SMILES string of the molecule is Cc1c2ccn(O)cc2c(C)c2c1nc1ccccc12.Cc1c2ccn(O)cc2c(C)c2c1nc1ccccc12. The van der Waals surface area contributed by atoms with Crippen LogP contribution in [-0.2, 0) is 0 Å². The molecule has 40 heavy (non-hydrogen) atoms. The third kappa shape index (κ3) is 3.42. The standard InChI is InChI=1S/2C17H14N2O/c2*1-10-14-9-19(20)8-7-12(14)11(2)17-16(10)13-5-3-4-6-15(13)18-17/h2*3-9,20H,1-2H3. The van der Waals surface area contributed by atoms with Crippen molar-refractivity contribution in [1.29, 1.82) is 0 Å². The van der Waals surface area contributed by atoms with Crippen LogP contribution in [0.25, 0.3) is 65.2 Å². The third-order valence-corrected chi connectivity index (χ3v) is 8.25. The molecule has 0 unspecified atom stereocenters. The van der Waals surface area contributed by atoms with Crippen LogP contribution in [0.4, 0.5) is 0 Å². The van der Waals surface area contributed by atoms with E-state index < -0.39 is 0 Å². The first-order valence-corrected chi connectivity index (χ1v) is 13.3. The topological polar surface area (TPSA) is 76.1 Å². The van der Waals surface area contributed by atoms with E-state index in [4.69, 9.17) is 9.97 Å². The van der Waals surface area contributed by atoms with E-state index >= 15 is 0 Å². The molecule has 0 aliphatic carbocycles. The molecule has 0 radical (unpaired) electrons. The predicted molar refractivity (Wildman–Crippen MR) is 163 cm³/mol. The van der Waals surface area contributed by atoms with Gasteiger partial charge in [0.2, 0.25) is 0 Å².